The van der Waals surface area contributed by atoms with Crippen molar-refractivity contribution in [2.24, 2.45) is 40.9 Å². The van der Waals surface area contributed by atoms with Crippen molar-refractivity contribution in [2.45, 2.75) is 111 Å². The van der Waals surface area contributed by atoms with Gasteiger partial charge in [0.15, 0.2) is 0 Å². The number of rotatable bonds is 6. The van der Waals surface area contributed by atoms with Gasteiger partial charge >= 0.3 is 0 Å². The summed E-state index contributed by atoms with van der Waals surface area (Å²) in [6, 6.07) is 0. The van der Waals surface area contributed by atoms with Crippen molar-refractivity contribution in [3.05, 3.63) is 11.6 Å². The van der Waals surface area contributed by atoms with Gasteiger partial charge in [0.25, 0.3) is 0 Å². The average molecular weight is 421 g/mol. The van der Waals surface area contributed by atoms with E-state index < -0.39 is 0 Å². The first-order chi connectivity index (χ1) is 14.3. The quantitative estimate of drug-likeness (QED) is 0.481. The van der Waals surface area contributed by atoms with Gasteiger partial charge in [-0.15, -0.1) is 0 Å². The molecule has 3 aliphatic rings. The van der Waals surface area contributed by atoms with Crippen LogP contribution in [-0.2, 0) is 0 Å². The maximum atomic E-state index is 10.9. The maximum Gasteiger partial charge on any atom is 0.0758 e. The van der Waals surface area contributed by atoms with E-state index in [0.29, 0.717) is 18.4 Å². The van der Waals surface area contributed by atoms with Crippen LogP contribution in [0.5, 0.6) is 0 Å². The summed E-state index contributed by atoms with van der Waals surface area (Å²) in [5, 5.41) is 30.4. The molecule has 174 valence electrons. The second-order valence-corrected chi connectivity index (χ2v) is 11.6. The molecule has 0 bridgehead atoms. The van der Waals surface area contributed by atoms with E-state index in [1.54, 1.807) is 0 Å². The Labute approximate surface area is 185 Å². The summed E-state index contributed by atoms with van der Waals surface area (Å²) in [6.45, 7) is 9.81. The van der Waals surface area contributed by atoms with Gasteiger partial charge in [-0.05, 0) is 98.7 Å². The smallest absolute Gasteiger partial charge is 0.0758 e. The monoisotopic (exact) mass is 420 g/mol. The molecule has 0 aromatic carbocycles. The Morgan fingerprint density at radius 3 is 2.60 bits per heavy atom. The highest BCUT2D eigenvalue weighted by atomic mass is 16.3. The third kappa shape index (κ3) is 5.33. The largest absolute Gasteiger partial charge is 0.396 e. The molecule has 3 N–H and O–H groups in total. The first-order valence-corrected chi connectivity index (χ1v) is 12.9. The highest BCUT2D eigenvalue weighted by Crippen LogP contribution is 2.56. The second-order valence-electron chi connectivity index (χ2n) is 11.6. The Morgan fingerprint density at radius 2 is 1.87 bits per heavy atom. The molecular formula is C27H48O3. The molecule has 0 radical (unpaired) electrons. The van der Waals surface area contributed by atoms with E-state index in [9.17, 15) is 15.3 Å². The summed E-state index contributed by atoms with van der Waals surface area (Å²) in [6.07, 6.45) is 14.2. The van der Waals surface area contributed by atoms with E-state index >= 15 is 0 Å². The molecule has 30 heavy (non-hydrogen) atoms. The molecule has 3 nitrogen and oxygen atoms in total. The Hall–Kier alpha value is -0.380. The zero-order valence-electron chi connectivity index (χ0n) is 20.0. The van der Waals surface area contributed by atoms with E-state index in [-0.39, 0.29) is 23.5 Å². The average Bonchev–Trinajstić information content (AvgIpc) is 2.78. The lowest BCUT2D eigenvalue weighted by molar-refractivity contribution is -0.0678. The van der Waals surface area contributed by atoms with E-state index in [1.165, 1.54) is 44.1 Å². The predicted molar refractivity (Wildman–Crippen MR) is 124 cm³/mol. The first kappa shape index (κ1) is 24.3. The fourth-order valence-electron chi connectivity index (χ4n) is 7.36. The molecule has 0 spiro atoms. The topological polar surface area (TPSA) is 60.7 Å². The standard InChI is InChI=1S/C27H48O3/c1-18(17-28)7-5-8-19(2)23-10-6-9-21-15-26(30)25-16-22(29)13-14-27(25,4)24(21)12-11-20(23)3/h15,18-20,22-26,28-30H,5-14,16-17H2,1-4H3/t18-,19+,20-,22-,23+,24-,25?,26-,27+/m0/s1. The number of hydrogen-bond donors (Lipinski definition) is 3. The fourth-order valence-corrected chi connectivity index (χ4v) is 7.36. The van der Waals surface area contributed by atoms with Crippen molar-refractivity contribution in [3.63, 3.8) is 0 Å². The van der Waals surface area contributed by atoms with Gasteiger partial charge < -0.3 is 15.3 Å². The highest BCUT2D eigenvalue weighted by Gasteiger charge is 2.51. The molecular weight excluding hydrogens is 372 g/mol. The molecule has 0 amide bonds. The summed E-state index contributed by atoms with van der Waals surface area (Å²) in [5.74, 6) is 3.52. The third-order valence-corrected chi connectivity index (χ3v) is 9.47. The summed E-state index contributed by atoms with van der Waals surface area (Å²) < 4.78 is 0. The summed E-state index contributed by atoms with van der Waals surface area (Å²) in [5.41, 5.74) is 1.67. The molecule has 3 rings (SSSR count). The molecule has 1 unspecified atom stereocenters. The lowest BCUT2D eigenvalue weighted by atomic mass is 9.53. The zero-order valence-corrected chi connectivity index (χ0v) is 20.0. The molecule has 0 heterocycles. The predicted octanol–water partition coefficient (Wildman–Crippen LogP) is 5.72. The molecule has 0 aliphatic heterocycles. The van der Waals surface area contributed by atoms with Gasteiger partial charge in [0.05, 0.1) is 12.2 Å². The number of aliphatic hydroxyl groups is 3. The zero-order chi connectivity index (χ0) is 21.9. The first-order valence-electron chi connectivity index (χ1n) is 12.9. The van der Waals surface area contributed by atoms with Crippen molar-refractivity contribution < 1.29 is 15.3 Å². The van der Waals surface area contributed by atoms with Crippen molar-refractivity contribution in [1.29, 1.82) is 0 Å². The molecule has 0 saturated heterocycles. The van der Waals surface area contributed by atoms with Crippen LogP contribution < -0.4 is 0 Å². The molecule has 9 atom stereocenters. The molecule has 3 aliphatic carbocycles. The SMILES string of the molecule is C[C@H](CO)CCC[C@@H](C)[C@H]1CCCC2=C[C@H](O)C3C[C@@H](O)CC[C@]3(C)[C@H]2CC[C@@H]1C. The fraction of sp³-hybridized carbons (Fsp3) is 0.926. The number of hydrogen-bond acceptors (Lipinski definition) is 3. The van der Waals surface area contributed by atoms with Gasteiger partial charge in [0, 0.05) is 6.61 Å². The van der Waals surface area contributed by atoms with Gasteiger partial charge in [-0.25, -0.2) is 0 Å². The van der Waals surface area contributed by atoms with Gasteiger partial charge in [-0.2, -0.15) is 0 Å². The third-order valence-electron chi connectivity index (χ3n) is 9.47. The van der Waals surface area contributed by atoms with Crippen LogP contribution in [0, 0.1) is 40.9 Å². The summed E-state index contributed by atoms with van der Waals surface area (Å²) in [7, 11) is 0. The molecule has 3 heteroatoms. The van der Waals surface area contributed by atoms with Crippen molar-refractivity contribution >= 4 is 0 Å². The molecule has 2 fully saturated rings. The van der Waals surface area contributed by atoms with Crippen LogP contribution in [-0.4, -0.2) is 34.1 Å². The van der Waals surface area contributed by atoms with Gasteiger partial charge in [-0.3, -0.25) is 0 Å². The Bertz CT molecular complexity index is 572. The lowest BCUT2D eigenvalue weighted by Gasteiger charge is -2.53. The van der Waals surface area contributed by atoms with Gasteiger partial charge in [-0.1, -0.05) is 52.2 Å². The van der Waals surface area contributed by atoms with E-state index in [0.717, 1.165) is 49.9 Å². The number of aliphatic hydroxyl groups excluding tert-OH is 3. The highest BCUT2D eigenvalue weighted by molar-refractivity contribution is 5.22. The molecule has 0 aromatic rings. The van der Waals surface area contributed by atoms with Crippen LogP contribution in [0.15, 0.2) is 11.6 Å². The number of fused-ring (bicyclic) bond motifs is 3. The van der Waals surface area contributed by atoms with Crippen LogP contribution >= 0.6 is 0 Å². The van der Waals surface area contributed by atoms with Crippen LogP contribution in [0.2, 0.25) is 0 Å². The summed E-state index contributed by atoms with van der Waals surface area (Å²) in [4.78, 5) is 0. The van der Waals surface area contributed by atoms with Crippen molar-refractivity contribution in [3.8, 4) is 0 Å². The van der Waals surface area contributed by atoms with Crippen LogP contribution in [0.4, 0.5) is 0 Å². The van der Waals surface area contributed by atoms with E-state index in [1.807, 2.05) is 0 Å². The number of allylic oxidation sites excluding steroid dienone is 1. The second kappa shape index (κ2) is 10.5. The van der Waals surface area contributed by atoms with Crippen LogP contribution in [0.25, 0.3) is 0 Å². The van der Waals surface area contributed by atoms with Gasteiger partial charge in [0.2, 0.25) is 0 Å². The minimum Gasteiger partial charge on any atom is -0.396 e. The van der Waals surface area contributed by atoms with Crippen molar-refractivity contribution in [1.82, 2.24) is 0 Å². The van der Waals surface area contributed by atoms with Crippen molar-refractivity contribution in [2.75, 3.05) is 6.61 Å². The Kier molecular flexibility index (Phi) is 8.49. The molecule has 0 aromatic heterocycles. The van der Waals surface area contributed by atoms with E-state index in [4.69, 9.17) is 0 Å². The van der Waals surface area contributed by atoms with Crippen LogP contribution in [0.3, 0.4) is 0 Å². The van der Waals surface area contributed by atoms with Gasteiger partial charge in [0.1, 0.15) is 0 Å². The Balaban J connectivity index is 1.67. The summed E-state index contributed by atoms with van der Waals surface area (Å²) >= 11 is 0. The van der Waals surface area contributed by atoms with E-state index in [2.05, 4.69) is 33.8 Å². The lowest BCUT2D eigenvalue weighted by Crippen LogP contribution is -2.50. The maximum absolute atomic E-state index is 10.9. The minimum atomic E-state index is -0.377. The van der Waals surface area contributed by atoms with Crippen LogP contribution in [0.1, 0.15) is 98.3 Å². The minimum absolute atomic E-state index is 0.147. The molecule has 2 saturated carbocycles. The Morgan fingerprint density at radius 1 is 1.10 bits per heavy atom. The normalized spacial score (nSPS) is 42.0.